The second kappa shape index (κ2) is 6.99. The quantitative estimate of drug-likeness (QED) is 0.873. The fourth-order valence-corrected chi connectivity index (χ4v) is 3.88. The second-order valence-electron chi connectivity index (χ2n) is 7.17. The number of aromatic amines is 1. The molecule has 0 aliphatic carbocycles. The number of pyridine rings is 1. The first-order valence-electron chi connectivity index (χ1n) is 9.12. The molecule has 136 valence electrons. The van der Waals surface area contributed by atoms with Gasteiger partial charge in [-0.05, 0) is 45.0 Å². The first-order valence-corrected chi connectivity index (χ1v) is 9.12. The Morgan fingerprint density at radius 2 is 2.19 bits per heavy atom. The number of nitrogens with one attached hydrogen (secondary N) is 1. The third-order valence-electron chi connectivity index (χ3n) is 5.27. The zero-order valence-corrected chi connectivity index (χ0v) is 14.9. The van der Waals surface area contributed by atoms with Crippen molar-refractivity contribution in [3.05, 3.63) is 46.0 Å². The lowest BCUT2D eigenvalue weighted by Gasteiger charge is -2.35. The molecule has 2 aliphatic heterocycles. The van der Waals surface area contributed by atoms with Crippen LogP contribution in [-0.2, 0) is 17.8 Å². The SMILES string of the molecule is CN1CCCC(C(=O)N2CCc3c(nc(-c4ccccn4)[nH]c3=O)C2)C1. The van der Waals surface area contributed by atoms with Gasteiger partial charge in [0.05, 0.1) is 18.2 Å². The van der Waals surface area contributed by atoms with Gasteiger partial charge in [0.25, 0.3) is 5.56 Å². The van der Waals surface area contributed by atoms with E-state index in [1.807, 2.05) is 23.1 Å². The van der Waals surface area contributed by atoms with Gasteiger partial charge in [-0.25, -0.2) is 4.98 Å². The third-order valence-corrected chi connectivity index (χ3v) is 5.27. The van der Waals surface area contributed by atoms with Crippen molar-refractivity contribution in [2.45, 2.75) is 25.8 Å². The molecule has 1 unspecified atom stereocenters. The highest BCUT2D eigenvalue weighted by Gasteiger charge is 2.31. The monoisotopic (exact) mass is 353 g/mol. The molecular weight excluding hydrogens is 330 g/mol. The van der Waals surface area contributed by atoms with Crippen LogP contribution in [0.2, 0.25) is 0 Å². The molecule has 2 aliphatic rings. The molecule has 2 aromatic rings. The molecule has 1 fully saturated rings. The van der Waals surface area contributed by atoms with Gasteiger partial charge in [-0.1, -0.05) is 6.07 Å². The Kier molecular flexibility index (Phi) is 4.55. The van der Waals surface area contributed by atoms with Crippen LogP contribution < -0.4 is 5.56 Å². The van der Waals surface area contributed by atoms with Crippen molar-refractivity contribution in [3.63, 3.8) is 0 Å². The Morgan fingerprint density at radius 3 is 2.96 bits per heavy atom. The number of piperidine rings is 1. The Morgan fingerprint density at radius 1 is 1.31 bits per heavy atom. The van der Waals surface area contributed by atoms with Crippen molar-refractivity contribution in [2.24, 2.45) is 5.92 Å². The molecule has 4 heterocycles. The standard InChI is InChI=1S/C19H23N5O2/c1-23-9-4-5-13(11-23)19(26)24-10-7-14-16(12-24)21-17(22-18(14)25)15-6-2-3-8-20-15/h2-3,6,8,13H,4-5,7,9-12H2,1H3,(H,21,22,25). The first-order chi connectivity index (χ1) is 12.6. The summed E-state index contributed by atoms with van der Waals surface area (Å²) in [5, 5.41) is 0. The molecule has 4 rings (SSSR count). The Balaban J connectivity index is 1.58. The van der Waals surface area contributed by atoms with Crippen molar-refractivity contribution >= 4 is 5.91 Å². The molecule has 0 radical (unpaired) electrons. The molecule has 1 atom stereocenters. The summed E-state index contributed by atoms with van der Waals surface area (Å²) >= 11 is 0. The van der Waals surface area contributed by atoms with E-state index >= 15 is 0 Å². The summed E-state index contributed by atoms with van der Waals surface area (Å²) < 4.78 is 0. The minimum atomic E-state index is -0.125. The lowest BCUT2D eigenvalue weighted by molar-refractivity contribution is -0.138. The average Bonchev–Trinajstić information content (AvgIpc) is 2.67. The smallest absolute Gasteiger partial charge is 0.254 e. The molecule has 0 bridgehead atoms. The number of hydrogen-bond donors (Lipinski definition) is 1. The topological polar surface area (TPSA) is 82.2 Å². The van der Waals surface area contributed by atoms with E-state index in [2.05, 4.69) is 26.9 Å². The van der Waals surface area contributed by atoms with E-state index in [1.54, 1.807) is 6.20 Å². The van der Waals surface area contributed by atoms with Crippen LogP contribution in [0.1, 0.15) is 24.1 Å². The molecule has 7 heteroatoms. The number of amides is 1. The molecule has 1 saturated heterocycles. The molecule has 1 N–H and O–H groups in total. The molecular formula is C19H23N5O2. The predicted molar refractivity (Wildman–Crippen MR) is 97.4 cm³/mol. The van der Waals surface area contributed by atoms with Crippen LogP contribution in [0.15, 0.2) is 29.2 Å². The number of fused-ring (bicyclic) bond motifs is 1. The van der Waals surface area contributed by atoms with Crippen molar-refractivity contribution in [2.75, 3.05) is 26.7 Å². The van der Waals surface area contributed by atoms with E-state index in [-0.39, 0.29) is 17.4 Å². The van der Waals surface area contributed by atoms with Crippen LogP contribution in [-0.4, -0.2) is 57.3 Å². The number of likely N-dealkylation sites (tertiary alicyclic amines) is 1. The van der Waals surface area contributed by atoms with Gasteiger partial charge in [-0.2, -0.15) is 0 Å². The van der Waals surface area contributed by atoms with Crippen LogP contribution in [0.3, 0.4) is 0 Å². The molecule has 0 spiro atoms. The Labute approximate surface area is 152 Å². The van der Waals surface area contributed by atoms with Crippen molar-refractivity contribution in [3.8, 4) is 11.5 Å². The van der Waals surface area contributed by atoms with Gasteiger partial charge in [0, 0.05) is 24.8 Å². The maximum Gasteiger partial charge on any atom is 0.254 e. The summed E-state index contributed by atoms with van der Waals surface area (Å²) in [4.78, 5) is 41.1. The van der Waals surface area contributed by atoms with Crippen LogP contribution in [0.4, 0.5) is 0 Å². The van der Waals surface area contributed by atoms with E-state index in [0.717, 1.165) is 25.9 Å². The summed E-state index contributed by atoms with van der Waals surface area (Å²) in [5.74, 6) is 0.692. The number of carbonyl (C=O) groups excluding carboxylic acids is 1. The van der Waals surface area contributed by atoms with E-state index in [0.29, 0.717) is 42.3 Å². The Bertz CT molecular complexity index is 864. The predicted octanol–water partition coefficient (Wildman–Crippen LogP) is 1.06. The molecule has 26 heavy (non-hydrogen) atoms. The average molecular weight is 353 g/mol. The molecule has 1 amide bonds. The number of H-pyrrole nitrogens is 1. The first kappa shape index (κ1) is 16.9. The molecule has 0 saturated carbocycles. The zero-order valence-electron chi connectivity index (χ0n) is 14.9. The largest absolute Gasteiger partial charge is 0.336 e. The highest BCUT2D eigenvalue weighted by atomic mass is 16.2. The van der Waals surface area contributed by atoms with Crippen LogP contribution in [0, 0.1) is 5.92 Å². The number of hydrogen-bond acceptors (Lipinski definition) is 5. The molecule has 0 aromatic carbocycles. The number of nitrogens with zero attached hydrogens (tertiary/aromatic N) is 4. The Hall–Kier alpha value is -2.54. The minimum absolute atomic E-state index is 0.0487. The third kappa shape index (κ3) is 3.26. The minimum Gasteiger partial charge on any atom is -0.336 e. The van der Waals surface area contributed by atoms with Crippen molar-refractivity contribution < 1.29 is 4.79 Å². The lowest BCUT2D eigenvalue weighted by Crippen LogP contribution is -2.46. The zero-order chi connectivity index (χ0) is 18.1. The molecule has 7 nitrogen and oxygen atoms in total. The van der Waals surface area contributed by atoms with Crippen molar-refractivity contribution in [1.82, 2.24) is 24.8 Å². The molecule has 2 aromatic heterocycles. The van der Waals surface area contributed by atoms with Gasteiger partial charge in [-0.3, -0.25) is 14.6 Å². The van der Waals surface area contributed by atoms with Crippen LogP contribution in [0.25, 0.3) is 11.5 Å². The highest BCUT2D eigenvalue weighted by Crippen LogP contribution is 2.22. The summed E-state index contributed by atoms with van der Waals surface area (Å²) in [6.07, 6.45) is 4.21. The van der Waals surface area contributed by atoms with Gasteiger partial charge in [0.15, 0.2) is 5.82 Å². The van der Waals surface area contributed by atoms with Gasteiger partial charge in [-0.15, -0.1) is 0 Å². The van der Waals surface area contributed by atoms with E-state index in [1.165, 1.54) is 0 Å². The van der Waals surface area contributed by atoms with Gasteiger partial charge >= 0.3 is 0 Å². The fraction of sp³-hybridized carbons (Fsp3) is 0.474. The highest BCUT2D eigenvalue weighted by molar-refractivity contribution is 5.79. The second-order valence-corrected chi connectivity index (χ2v) is 7.17. The van der Waals surface area contributed by atoms with E-state index in [4.69, 9.17) is 0 Å². The van der Waals surface area contributed by atoms with Gasteiger partial charge in [0.2, 0.25) is 5.91 Å². The van der Waals surface area contributed by atoms with Crippen molar-refractivity contribution in [1.29, 1.82) is 0 Å². The summed E-state index contributed by atoms with van der Waals surface area (Å²) in [6, 6.07) is 5.49. The summed E-state index contributed by atoms with van der Waals surface area (Å²) in [5.41, 5.74) is 1.89. The van der Waals surface area contributed by atoms with Crippen LogP contribution in [0.5, 0.6) is 0 Å². The number of carbonyl (C=O) groups is 1. The van der Waals surface area contributed by atoms with E-state index < -0.39 is 0 Å². The van der Waals surface area contributed by atoms with Gasteiger partial charge in [0.1, 0.15) is 5.69 Å². The fourth-order valence-electron chi connectivity index (χ4n) is 3.88. The number of rotatable bonds is 2. The maximum absolute atomic E-state index is 12.9. The van der Waals surface area contributed by atoms with E-state index in [9.17, 15) is 9.59 Å². The summed E-state index contributed by atoms with van der Waals surface area (Å²) in [6.45, 7) is 2.85. The van der Waals surface area contributed by atoms with Crippen LogP contribution >= 0.6 is 0 Å². The lowest BCUT2D eigenvalue weighted by atomic mass is 9.95. The normalized spacial score (nSPS) is 20.7. The number of aromatic nitrogens is 3. The van der Waals surface area contributed by atoms with Gasteiger partial charge < -0.3 is 14.8 Å². The maximum atomic E-state index is 12.9. The summed E-state index contributed by atoms with van der Waals surface area (Å²) in [7, 11) is 2.06.